The summed E-state index contributed by atoms with van der Waals surface area (Å²) < 4.78 is 10.5. The highest BCUT2D eigenvalue weighted by Crippen LogP contribution is 2.20. The smallest absolute Gasteiger partial charge is 0.374 e. The van der Waals surface area contributed by atoms with Crippen LogP contribution in [0.2, 0.25) is 0 Å². The molecule has 0 spiro atoms. The molecule has 0 N–H and O–H groups in total. The molecule has 1 aliphatic rings. The highest BCUT2D eigenvalue weighted by atomic mass is 16.5. The number of carbonyl (C=O) groups excluding carboxylic acids is 2. The molecule has 5 heteroatoms. The highest BCUT2D eigenvalue weighted by molar-refractivity contribution is 5.93. The van der Waals surface area contributed by atoms with Crippen molar-refractivity contribution in [3.63, 3.8) is 0 Å². The molecule has 1 aromatic carbocycles. The Hall–Kier alpha value is -2.30. The van der Waals surface area contributed by atoms with Gasteiger partial charge in [-0.25, -0.2) is 4.79 Å². The molecule has 1 aliphatic heterocycles. The van der Waals surface area contributed by atoms with Gasteiger partial charge in [0.2, 0.25) is 5.76 Å². The van der Waals surface area contributed by atoms with E-state index in [1.807, 2.05) is 25.1 Å². The number of esters is 1. The van der Waals surface area contributed by atoms with Crippen LogP contribution in [0.4, 0.5) is 0 Å². The third-order valence-corrected chi connectivity index (χ3v) is 4.08. The van der Waals surface area contributed by atoms with Crippen molar-refractivity contribution in [2.45, 2.75) is 32.2 Å². The third kappa shape index (κ3) is 2.98. The van der Waals surface area contributed by atoms with E-state index >= 15 is 0 Å². The molecule has 1 aromatic heterocycles. The molecule has 0 radical (unpaired) electrons. The summed E-state index contributed by atoms with van der Waals surface area (Å²) in [7, 11) is 0. The molecule has 2 aromatic rings. The van der Waals surface area contributed by atoms with Crippen molar-refractivity contribution in [2.24, 2.45) is 0 Å². The number of carbonyl (C=O) groups is 2. The van der Waals surface area contributed by atoms with Crippen LogP contribution in [0.1, 0.15) is 36.7 Å². The van der Waals surface area contributed by atoms with E-state index in [2.05, 4.69) is 0 Å². The Morgan fingerprint density at radius 1 is 1.32 bits per heavy atom. The van der Waals surface area contributed by atoms with E-state index in [1.54, 1.807) is 17.0 Å². The summed E-state index contributed by atoms with van der Waals surface area (Å²) in [5.41, 5.74) is 0.630. The molecule has 116 valence electrons. The summed E-state index contributed by atoms with van der Waals surface area (Å²) in [6.45, 7) is 2.53. The lowest BCUT2D eigenvalue weighted by Gasteiger charge is -2.33. The fourth-order valence-corrected chi connectivity index (χ4v) is 2.83. The number of hydrogen-bond acceptors (Lipinski definition) is 4. The van der Waals surface area contributed by atoms with Crippen LogP contribution in [-0.2, 0) is 9.53 Å². The van der Waals surface area contributed by atoms with Crippen molar-refractivity contribution in [2.75, 3.05) is 13.2 Å². The number of rotatable bonds is 3. The van der Waals surface area contributed by atoms with E-state index in [-0.39, 0.29) is 24.3 Å². The second kappa shape index (κ2) is 6.22. The van der Waals surface area contributed by atoms with Gasteiger partial charge in [-0.1, -0.05) is 18.2 Å². The van der Waals surface area contributed by atoms with Crippen molar-refractivity contribution in [3.05, 3.63) is 36.1 Å². The number of ether oxygens (including phenoxy) is 1. The number of piperidine rings is 1. The van der Waals surface area contributed by atoms with E-state index in [4.69, 9.17) is 9.15 Å². The lowest BCUT2D eigenvalue weighted by Crippen LogP contribution is -2.44. The fourth-order valence-electron chi connectivity index (χ4n) is 2.83. The van der Waals surface area contributed by atoms with E-state index < -0.39 is 5.97 Å². The molecule has 0 aliphatic carbocycles. The van der Waals surface area contributed by atoms with Gasteiger partial charge in [-0.3, -0.25) is 4.79 Å². The maximum absolute atomic E-state index is 12.1. The molecule has 0 bridgehead atoms. The number of amides is 1. The average Bonchev–Trinajstić information content (AvgIpc) is 2.97. The molecule has 0 saturated carbocycles. The zero-order valence-electron chi connectivity index (χ0n) is 12.6. The summed E-state index contributed by atoms with van der Waals surface area (Å²) >= 11 is 0. The number of likely N-dealkylation sites (tertiary alicyclic amines) is 1. The Morgan fingerprint density at radius 3 is 2.91 bits per heavy atom. The molecular weight excluding hydrogens is 282 g/mol. The van der Waals surface area contributed by atoms with Gasteiger partial charge in [0.05, 0.1) is 0 Å². The van der Waals surface area contributed by atoms with Gasteiger partial charge in [-0.2, -0.15) is 0 Å². The van der Waals surface area contributed by atoms with Gasteiger partial charge in [-0.05, 0) is 38.3 Å². The topological polar surface area (TPSA) is 59.8 Å². The first kappa shape index (κ1) is 14.6. The van der Waals surface area contributed by atoms with Crippen LogP contribution >= 0.6 is 0 Å². The Balaban J connectivity index is 1.60. The summed E-state index contributed by atoms with van der Waals surface area (Å²) in [4.78, 5) is 25.9. The minimum atomic E-state index is -0.603. The Kier molecular flexibility index (Phi) is 4.13. The van der Waals surface area contributed by atoms with Crippen LogP contribution < -0.4 is 0 Å². The monoisotopic (exact) mass is 301 g/mol. The zero-order chi connectivity index (χ0) is 15.5. The molecule has 1 amide bonds. The molecule has 22 heavy (non-hydrogen) atoms. The van der Waals surface area contributed by atoms with Gasteiger partial charge in [0, 0.05) is 18.0 Å². The molecule has 1 fully saturated rings. The fraction of sp³-hybridized carbons (Fsp3) is 0.412. The highest BCUT2D eigenvalue weighted by Gasteiger charge is 2.24. The van der Waals surface area contributed by atoms with E-state index in [0.717, 1.165) is 31.2 Å². The van der Waals surface area contributed by atoms with E-state index in [1.165, 1.54) is 0 Å². The predicted molar refractivity (Wildman–Crippen MR) is 81.5 cm³/mol. The minimum Gasteiger partial charge on any atom is -0.450 e. The molecular formula is C17H19NO4. The van der Waals surface area contributed by atoms with Gasteiger partial charge >= 0.3 is 5.97 Å². The minimum absolute atomic E-state index is 0.126. The summed E-state index contributed by atoms with van der Waals surface area (Å²) in [5.74, 6) is -0.619. The Morgan fingerprint density at radius 2 is 2.14 bits per heavy atom. The van der Waals surface area contributed by atoms with Crippen LogP contribution in [0.3, 0.4) is 0 Å². The van der Waals surface area contributed by atoms with Crippen LogP contribution in [0.15, 0.2) is 34.7 Å². The molecule has 1 atom stereocenters. The van der Waals surface area contributed by atoms with Gasteiger partial charge < -0.3 is 14.1 Å². The third-order valence-electron chi connectivity index (χ3n) is 4.08. The summed E-state index contributed by atoms with van der Waals surface area (Å²) in [5, 5.41) is 0.838. The van der Waals surface area contributed by atoms with Crippen LogP contribution in [0.25, 0.3) is 11.0 Å². The standard InChI is InChI=1S/C17H19NO4/c1-12-6-4-5-9-18(12)16(19)11-21-17(20)15-10-13-7-2-3-8-14(13)22-15/h2-3,7-8,10,12H,4-6,9,11H2,1H3. The van der Waals surface area contributed by atoms with Crippen molar-refractivity contribution in [3.8, 4) is 0 Å². The maximum Gasteiger partial charge on any atom is 0.374 e. The quantitative estimate of drug-likeness (QED) is 0.818. The predicted octanol–water partition coefficient (Wildman–Crippen LogP) is 2.99. The maximum atomic E-state index is 12.1. The summed E-state index contributed by atoms with van der Waals surface area (Å²) in [6.07, 6.45) is 3.15. The first-order chi connectivity index (χ1) is 10.6. The van der Waals surface area contributed by atoms with Gasteiger partial charge in [0.1, 0.15) is 5.58 Å². The average molecular weight is 301 g/mol. The van der Waals surface area contributed by atoms with E-state index in [0.29, 0.717) is 5.58 Å². The number of nitrogens with zero attached hydrogens (tertiary/aromatic N) is 1. The normalized spacial score (nSPS) is 18.4. The van der Waals surface area contributed by atoms with E-state index in [9.17, 15) is 9.59 Å². The molecule has 1 saturated heterocycles. The first-order valence-electron chi connectivity index (χ1n) is 7.60. The van der Waals surface area contributed by atoms with Crippen LogP contribution in [0, 0.1) is 0 Å². The van der Waals surface area contributed by atoms with Gasteiger partial charge in [-0.15, -0.1) is 0 Å². The van der Waals surface area contributed by atoms with Gasteiger partial charge in [0.25, 0.3) is 5.91 Å². The number of para-hydroxylation sites is 1. The number of fused-ring (bicyclic) bond motifs is 1. The molecule has 2 heterocycles. The van der Waals surface area contributed by atoms with Crippen molar-refractivity contribution < 1.29 is 18.7 Å². The Labute approximate surface area is 128 Å². The molecule has 3 rings (SSSR count). The van der Waals surface area contributed by atoms with Crippen molar-refractivity contribution in [1.82, 2.24) is 4.90 Å². The number of hydrogen-bond donors (Lipinski definition) is 0. The lowest BCUT2D eigenvalue weighted by molar-refractivity contribution is -0.137. The summed E-state index contributed by atoms with van der Waals surface area (Å²) in [6, 6.07) is 9.19. The zero-order valence-corrected chi connectivity index (χ0v) is 12.6. The van der Waals surface area contributed by atoms with Crippen molar-refractivity contribution >= 4 is 22.8 Å². The lowest BCUT2D eigenvalue weighted by atomic mass is 10.0. The largest absolute Gasteiger partial charge is 0.450 e. The SMILES string of the molecule is CC1CCCCN1C(=O)COC(=O)c1cc2ccccc2o1. The van der Waals surface area contributed by atoms with Gasteiger partial charge in [0.15, 0.2) is 6.61 Å². The second-order valence-corrected chi connectivity index (χ2v) is 5.66. The number of furan rings is 1. The van der Waals surface area contributed by atoms with Crippen molar-refractivity contribution in [1.29, 1.82) is 0 Å². The first-order valence-corrected chi connectivity index (χ1v) is 7.60. The number of benzene rings is 1. The van der Waals surface area contributed by atoms with Crippen LogP contribution in [-0.4, -0.2) is 36.0 Å². The second-order valence-electron chi connectivity index (χ2n) is 5.66. The molecule has 5 nitrogen and oxygen atoms in total. The molecule has 1 unspecified atom stereocenters. The Bertz CT molecular complexity index is 658. The van der Waals surface area contributed by atoms with Crippen LogP contribution in [0.5, 0.6) is 0 Å².